The Labute approximate surface area is 129 Å². The van der Waals surface area contributed by atoms with E-state index in [0.717, 1.165) is 17.2 Å². The Morgan fingerprint density at radius 3 is 2.52 bits per heavy atom. The van der Waals surface area contributed by atoms with Crippen molar-refractivity contribution in [1.82, 2.24) is 24.7 Å². The molecule has 6 nitrogen and oxygen atoms in total. The molecule has 0 fully saturated rings. The van der Waals surface area contributed by atoms with Crippen molar-refractivity contribution in [3.8, 4) is 11.8 Å². The highest BCUT2D eigenvalue weighted by molar-refractivity contribution is 6.31. The van der Waals surface area contributed by atoms with E-state index in [2.05, 4.69) is 24.8 Å². The van der Waals surface area contributed by atoms with Crippen molar-refractivity contribution in [1.29, 1.82) is 0 Å². The van der Waals surface area contributed by atoms with Crippen LogP contribution in [0.3, 0.4) is 0 Å². The summed E-state index contributed by atoms with van der Waals surface area (Å²) in [5.74, 6) is -5.65. The number of ether oxygens (including phenoxy) is 1. The van der Waals surface area contributed by atoms with E-state index in [1.807, 2.05) is 0 Å². The molecule has 2 aromatic rings. The molecular formula is C10H6ClF6N5O. The molecule has 13 heteroatoms. The van der Waals surface area contributed by atoms with Gasteiger partial charge in [-0.15, -0.1) is 0 Å². The molecule has 0 aliphatic carbocycles. The van der Waals surface area contributed by atoms with Gasteiger partial charge in [-0.2, -0.15) is 36.7 Å². The summed E-state index contributed by atoms with van der Waals surface area (Å²) in [5.41, 5.74) is 0. The van der Waals surface area contributed by atoms with Crippen LogP contribution in [0, 0.1) is 0 Å². The Bertz CT molecular complexity index is 664. The molecule has 0 saturated carbocycles. The molecule has 2 rings (SSSR count). The maximum atomic E-state index is 13.2. The largest absolute Gasteiger partial charge is 0.470 e. The number of alkyl halides is 6. The quantitative estimate of drug-likeness (QED) is 0.766. The third-order valence-corrected chi connectivity index (χ3v) is 2.64. The first-order valence-electron chi connectivity index (χ1n) is 5.70. The fourth-order valence-electron chi connectivity index (χ4n) is 1.34. The van der Waals surface area contributed by atoms with E-state index in [9.17, 15) is 26.3 Å². The summed E-state index contributed by atoms with van der Waals surface area (Å²) < 4.78 is 80.6. The molecule has 126 valence electrons. The second kappa shape index (κ2) is 6.18. The maximum Gasteiger partial charge on any atom is 0.425 e. The van der Waals surface area contributed by atoms with Gasteiger partial charge in [-0.05, 0) is 0 Å². The van der Waals surface area contributed by atoms with Crippen LogP contribution in [0.1, 0.15) is 0 Å². The van der Waals surface area contributed by atoms with E-state index in [1.165, 1.54) is 6.33 Å². The van der Waals surface area contributed by atoms with Crippen molar-refractivity contribution in [2.24, 2.45) is 0 Å². The van der Waals surface area contributed by atoms with E-state index in [1.54, 1.807) is 0 Å². The van der Waals surface area contributed by atoms with Crippen molar-refractivity contribution in [3.05, 3.63) is 23.9 Å². The SMILES string of the molecule is F[C@H](C(F)(F)F)C(F)(F)COc1nc(-n2cncn2)ncc1Cl. The van der Waals surface area contributed by atoms with Crippen LogP contribution in [-0.2, 0) is 0 Å². The number of halogens is 7. The fourth-order valence-corrected chi connectivity index (χ4v) is 1.49. The highest BCUT2D eigenvalue weighted by Gasteiger charge is 2.57. The van der Waals surface area contributed by atoms with E-state index in [-0.39, 0.29) is 11.0 Å². The third kappa shape index (κ3) is 4.00. The maximum absolute atomic E-state index is 13.2. The van der Waals surface area contributed by atoms with Crippen LogP contribution in [-0.4, -0.2) is 49.6 Å². The van der Waals surface area contributed by atoms with E-state index in [0.29, 0.717) is 0 Å². The average molecular weight is 362 g/mol. The van der Waals surface area contributed by atoms with Crippen LogP contribution in [0.15, 0.2) is 18.9 Å². The van der Waals surface area contributed by atoms with Gasteiger partial charge >= 0.3 is 12.1 Å². The van der Waals surface area contributed by atoms with Crippen LogP contribution in [0.4, 0.5) is 26.3 Å². The van der Waals surface area contributed by atoms with Gasteiger partial charge in [0, 0.05) is 0 Å². The Kier molecular flexibility index (Phi) is 4.63. The topological polar surface area (TPSA) is 65.7 Å². The zero-order valence-electron chi connectivity index (χ0n) is 10.8. The summed E-state index contributed by atoms with van der Waals surface area (Å²) in [6.07, 6.45) is -6.86. The zero-order valence-corrected chi connectivity index (χ0v) is 11.6. The summed E-state index contributed by atoms with van der Waals surface area (Å²) in [4.78, 5) is 10.9. The smallest absolute Gasteiger partial charge is 0.425 e. The van der Waals surface area contributed by atoms with Gasteiger partial charge in [0.1, 0.15) is 17.7 Å². The van der Waals surface area contributed by atoms with Crippen molar-refractivity contribution in [2.75, 3.05) is 6.61 Å². The number of aromatic nitrogens is 5. The minimum absolute atomic E-state index is 0.183. The lowest BCUT2D eigenvalue weighted by molar-refractivity contribution is -0.250. The summed E-state index contributed by atoms with van der Waals surface area (Å²) in [7, 11) is 0. The molecule has 1 atom stereocenters. The molecule has 0 aliphatic heterocycles. The van der Waals surface area contributed by atoms with Gasteiger partial charge in [0.15, 0.2) is 6.61 Å². The van der Waals surface area contributed by atoms with Gasteiger partial charge < -0.3 is 4.74 Å². The molecule has 0 amide bonds. The van der Waals surface area contributed by atoms with Crippen molar-refractivity contribution >= 4 is 11.6 Å². The first kappa shape index (κ1) is 17.2. The molecule has 2 heterocycles. The first-order chi connectivity index (χ1) is 10.6. The molecule has 0 N–H and O–H groups in total. The molecule has 0 aromatic carbocycles. The van der Waals surface area contributed by atoms with Crippen LogP contribution in [0.2, 0.25) is 5.02 Å². The van der Waals surface area contributed by atoms with Gasteiger partial charge in [0.05, 0.1) is 6.20 Å². The molecule has 0 spiro atoms. The Hall–Kier alpha value is -2.11. The predicted octanol–water partition coefficient (Wildman–Crippen LogP) is 2.63. The average Bonchev–Trinajstić information content (AvgIpc) is 2.99. The molecular weight excluding hydrogens is 356 g/mol. The molecule has 23 heavy (non-hydrogen) atoms. The second-order valence-electron chi connectivity index (χ2n) is 4.12. The molecule has 0 bridgehead atoms. The van der Waals surface area contributed by atoms with E-state index < -0.39 is 30.8 Å². The van der Waals surface area contributed by atoms with Crippen molar-refractivity contribution < 1.29 is 31.1 Å². The summed E-state index contributed by atoms with van der Waals surface area (Å²) >= 11 is 5.60. The van der Waals surface area contributed by atoms with Crippen molar-refractivity contribution in [3.63, 3.8) is 0 Å². The van der Waals surface area contributed by atoms with Crippen LogP contribution in [0.25, 0.3) is 5.95 Å². The van der Waals surface area contributed by atoms with Gasteiger partial charge in [-0.3, -0.25) is 0 Å². The highest BCUT2D eigenvalue weighted by atomic mass is 35.5. The number of hydrogen-bond acceptors (Lipinski definition) is 5. The number of rotatable bonds is 5. The molecule has 0 unspecified atom stereocenters. The predicted molar refractivity (Wildman–Crippen MR) is 63.4 cm³/mol. The highest BCUT2D eigenvalue weighted by Crippen LogP contribution is 2.35. The summed E-state index contributed by atoms with van der Waals surface area (Å²) in [5, 5.41) is 3.30. The van der Waals surface area contributed by atoms with Gasteiger partial charge in [-0.25, -0.2) is 14.4 Å². The van der Waals surface area contributed by atoms with Crippen LogP contribution < -0.4 is 4.74 Å². The van der Waals surface area contributed by atoms with Crippen LogP contribution in [0.5, 0.6) is 5.88 Å². The van der Waals surface area contributed by atoms with Gasteiger partial charge in [0.2, 0.25) is 5.88 Å². The monoisotopic (exact) mass is 361 g/mol. The zero-order chi connectivity index (χ0) is 17.3. The van der Waals surface area contributed by atoms with Gasteiger partial charge in [-0.1, -0.05) is 11.6 Å². The Balaban J connectivity index is 2.16. The molecule has 0 radical (unpaired) electrons. The summed E-state index contributed by atoms with van der Waals surface area (Å²) in [6, 6.07) is 0. The lowest BCUT2D eigenvalue weighted by Crippen LogP contribution is -2.45. The lowest BCUT2D eigenvalue weighted by Gasteiger charge is -2.22. The standard InChI is InChI=1S/C10H6ClF6N5O/c11-5-1-19-8(22-4-18-3-20-22)21-6(5)23-2-9(13,14)7(12)10(15,16)17/h1,3-4,7H,2H2/t7-/m0/s1. The first-order valence-corrected chi connectivity index (χ1v) is 6.08. The minimum atomic E-state index is -5.73. The second-order valence-corrected chi connectivity index (χ2v) is 4.52. The normalized spacial score (nSPS) is 13.9. The minimum Gasteiger partial charge on any atom is -0.470 e. The third-order valence-electron chi connectivity index (χ3n) is 2.38. The molecule has 2 aromatic heterocycles. The number of nitrogens with zero attached hydrogens (tertiary/aromatic N) is 5. The van der Waals surface area contributed by atoms with Crippen molar-refractivity contribution in [2.45, 2.75) is 18.3 Å². The Morgan fingerprint density at radius 2 is 1.96 bits per heavy atom. The molecule has 0 aliphatic rings. The van der Waals surface area contributed by atoms with Crippen LogP contribution >= 0.6 is 11.6 Å². The lowest BCUT2D eigenvalue weighted by atomic mass is 10.2. The van der Waals surface area contributed by atoms with E-state index >= 15 is 0 Å². The van der Waals surface area contributed by atoms with E-state index in [4.69, 9.17) is 11.6 Å². The number of hydrogen-bond donors (Lipinski definition) is 0. The Morgan fingerprint density at radius 1 is 1.26 bits per heavy atom. The van der Waals surface area contributed by atoms with Gasteiger partial charge in [0.25, 0.3) is 12.1 Å². The molecule has 0 saturated heterocycles. The fraction of sp³-hybridized carbons (Fsp3) is 0.400. The summed E-state index contributed by atoms with van der Waals surface area (Å²) in [6.45, 7) is -1.92.